The van der Waals surface area contributed by atoms with E-state index >= 15 is 0 Å². The third-order valence-corrected chi connectivity index (χ3v) is 4.25. The minimum atomic E-state index is -0.0892. The second-order valence-corrected chi connectivity index (χ2v) is 5.75. The number of aromatic nitrogens is 1. The van der Waals surface area contributed by atoms with E-state index in [0.29, 0.717) is 6.04 Å². The van der Waals surface area contributed by atoms with E-state index in [1.807, 2.05) is 6.20 Å². The van der Waals surface area contributed by atoms with E-state index in [9.17, 15) is 5.11 Å². The Morgan fingerprint density at radius 2 is 1.84 bits per heavy atom. The number of nitrogens with zero attached hydrogens (tertiary/aromatic N) is 2. The van der Waals surface area contributed by atoms with Gasteiger partial charge in [-0.1, -0.05) is 0 Å². The topological polar surface area (TPSA) is 48.4 Å². The largest absolute Gasteiger partial charge is 0.393 e. The number of rotatable bonds is 3. The zero-order valence-electron chi connectivity index (χ0n) is 11.4. The lowest BCUT2D eigenvalue weighted by Gasteiger charge is -2.27. The average Bonchev–Trinajstić information content (AvgIpc) is 2.96. The summed E-state index contributed by atoms with van der Waals surface area (Å²) in [5, 5.41) is 13.0. The highest BCUT2D eigenvalue weighted by atomic mass is 16.3. The standard InChI is InChI=1S/C15H23N3O/c19-14-6-3-12(4-7-14)17-13-5-8-15(16-11-13)18-9-1-2-10-18/h5,8,11-12,14,17,19H,1-4,6-7,9-10H2. The molecule has 0 spiro atoms. The van der Waals surface area contributed by atoms with E-state index in [1.165, 1.54) is 12.8 Å². The van der Waals surface area contributed by atoms with E-state index in [0.717, 1.165) is 50.3 Å². The van der Waals surface area contributed by atoms with E-state index in [4.69, 9.17) is 0 Å². The highest BCUT2D eigenvalue weighted by molar-refractivity contribution is 5.49. The molecule has 19 heavy (non-hydrogen) atoms. The van der Waals surface area contributed by atoms with Crippen molar-refractivity contribution in [3.05, 3.63) is 18.3 Å². The Morgan fingerprint density at radius 1 is 1.11 bits per heavy atom. The zero-order chi connectivity index (χ0) is 13.1. The lowest BCUT2D eigenvalue weighted by atomic mass is 9.93. The van der Waals surface area contributed by atoms with Crippen LogP contribution in [0, 0.1) is 0 Å². The lowest BCUT2D eigenvalue weighted by Crippen LogP contribution is -2.28. The molecule has 2 heterocycles. The van der Waals surface area contributed by atoms with Gasteiger partial charge in [0.1, 0.15) is 5.82 Å². The summed E-state index contributed by atoms with van der Waals surface area (Å²) in [5.74, 6) is 1.10. The van der Waals surface area contributed by atoms with Gasteiger partial charge in [-0.05, 0) is 50.7 Å². The molecule has 4 heteroatoms. The van der Waals surface area contributed by atoms with Gasteiger partial charge in [0, 0.05) is 19.1 Å². The molecule has 1 aliphatic carbocycles. The smallest absolute Gasteiger partial charge is 0.128 e. The second kappa shape index (κ2) is 5.78. The highest BCUT2D eigenvalue weighted by Gasteiger charge is 2.19. The third-order valence-electron chi connectivity index (χ3n) is 4.25. The molecular weight excluding hydrogens is 238 g/mol. The third kappa shape index (κ3) is 3.18. The van der Waals surface area contributed by atoms with E-state index in [1.54, 1.807) is 0 Å². The number of aliphatic hydroxyl groups excluding tert-OH is 1. The molecule has 0 radical (unpaired) electrons. The molecule has 1 aromatic rings. The molecule has 4 nitrogen and oxygen atoms in total. The molecule has 2 fully saturated rings. The zero-order valence-corrected chi connectivity index (χ0v) is 11.4. The molecule has 2 N–H and O–H groups in total. The van der Waals surface area contributed by atoms with Gasteiger partial charge in [-0.2, -0.15) is 0 Å². The van der Waals surface area contributed by atoms with Crippen LogP contribution >= 0.6 is 0 Å². The summed E-state index contributed by atoms with van der Waals surface area (Å²) < 4.78 is 0. The molecule has 1 saturated heterocycles. The fourth-order valence-electron chi connectivity index (χ4n) is 3.06. The number of pyridine rings is 1. The Hall–Kier alpha value is -1.29. The van der Waals surface area contributed by atoms with Crippen molar-refractivity contribution in [2.24, 2.45) is 0 Å². The molecule has 0 atom stereocenters. The average molecular weight is 261 g/mol. The van der Waals surface area contributed by atoms with Crippen LogP contribution in [0.3, 0.4) is 0 Å². The Labute approximate surface area is 114 Å². The van der Waals surface area contributed by atoms with Gasteiger partial charge in [0.15, 0.2) is 0 Å². The summed E-state index contributed by atoms with van der Waals surface area (Å²) >= 11 is 0. The van der Waals surface area contributed by atoms with Crippen LogP contribution in [0.25, 0.3) is 0 Å². The van der Waals surface area contributed by atoms with Gasteiger partial charge in [-0.15, -0.1) is 0 Å². The van der Waals surface area contributed by atoms with Crippen molar-refractivity contribution in [2.75, 3.05) is 23.3 Å². The summed E-state index contributed by atoms with van der Waals surface area (Å²) in [6, 6.07) is 4.74. The van der Waals surface area contributed by atoms with Crippen molar-refractivity contribution in [1.82, 2.24) is 4.98 Å². The molecule has 2 aliphatic rings. The maximum absolute atomic E-state index is 9.51. The van der Waals surface area contributed by atoms with Crippen LogP contribution in [0.15, 0.2) is 18.3 Å². The predicted molar refractivity (Wildman–Crippen MR) is 77.6 cm³/mol. The van der Waals surface area contributed by atoms with E-state index in [2.05, 4.69) is 27.3 Å². The number of hydrogen-bond acceptors (Lipinski definition) is 4. The summed E-state index contributed by atoms with van der Waals surface area (Å²) in [6.07, 6.45) is 8.35. The first-order chi connectivity index (χ1) is 9.31. The number of hydrogen-bond donors (Lipinski definition) is 2. The molecular formula is C15H23N3O. The van der Waals surface area contributed by atoms with Crippen LogP contribution in [0.2, 0.25) is 0 Å². The first-order valence-corrected chi connectivity index (χ1v) is 7.47. The van der Waals surface area contributed by atoms with Gasteiger partial charge in [0.25, 0.3) is 0 Å². The predicted octanol–water partition coefficient (Wildman–Crippen LogP) is 2.40. The van der Waals surface area contributed by atoms with Gasteiger partial charge in [0.2, 0.25) is 0 Å². The Morgan fingerprint density at radius 3 is 2.47 bits per heavy atom. The molecule has 3 rings (SSSR count). The fraction of sp³-hybridized carbons (Fsp3) is 0.667. The minimum Gasteiger partial charge on any atom is -0.393 e. The van der Waals surface area contributed by atoms with Gasteiger partial charge >= 0.3 is 0 Å². The van der Waals surface area contributed by atoms with Crippen LogP contribution in [0.1, 0.15) is 38.5 Å². The number of aliphatic hydroxyl groups is 1. The van der Waals surface area contributed by atoms with Crippen LogP contribution in [0.4, 0.5) is 11.5 Å². The van der Waals surface area contributed by atoms with Gasteiger partial charge in [0.05, 0.1) is 18.0 Å². The highest BCUT2D eigenvalue weighted by Crippen LogP contribution is 2.23. The molecule has 1 aromatic heterocycles. The maximum Gasteiger partial charge on any atom is 0.128 e. The summed E-state index contributed by atoms with van der Waals surface area (Å²) in [6.45, 7) is 2.28. The minimum absolute atomic E-state index is 0.0892. The first-order valence-electron chi connectivity index (χ1n) is 7.47. The van der Waals surface area contributed by atoms with E-state index < -0.39 is 0 Å². The fourth-order valence-corrected chi connectivity index (χ4v) is 3.06. The molecule has 104 valence electrons. The molecule has 0 bridgehead atoms. The first kappa shape index (κ1) is 12.7. The summed E-state index contributed by atoms with van der Waals surface area (Å²) in [7, 11) is 0. The molecule has 1 saturated carbocycles. The van der Waals surface area contributed by atoms with Gasteiger partial charge < -0.3 is 15.3 Å². The van der Waals surface area contributed by atoms with Gasteiger partial charge in [-0.3, -0.25) is 0 Å². The van der Waals surface area contributed by atoms with Crippen molar-refractivity contribution < 1.29 is 5.11 Å². The second-order valence-electron chi connectivity index (χ2n) is 5.75. The Bertz CT molecular complexity index is 392. The lowest BCUT2D eigenvalue weighted by molar-refractivity contribution is 0.126. The Kier molecular flexibility index (Phi) is 3.87. The summed E-state index contributed by atoms with van der Waals surface area (Å²) in [5.41, 5.74) is 1.10. The Balaban J connectivity index is 1.56. The van der Waals surface area contributed by atoms with Crippen molar-refractivity contribution in [1.29, 1.82) is 0 Å². The van der Waals surface area contributed by atoms with Gasteiger partial charge in [-0.25, -0.2) is 4.98 Å². The van der Waals surface area contributed by atoms with Crippen molar-refractivity contribution in [3.8, 4) is 0 Å². The molecule has 0 amide bonds. The maximum atomic E-state index is 9.51. The molecule has 1 aliphatic heterocycles. The van der Waals surface area contributed by atoms with Crippen LogP contribution < -0.4 is 10.2 Å². The number of nitrogens with one attached hydrogen (secondary N) is 1. The van der Waals surface area contributed by atoms with Crippen LogP contribution in [-0.2, 0) is 0 Å². The van der Waals surface area contributed by atoms with Crippen LogP contribution in [-0.4, -0.2) is 35.3 Å². The van der Waals surface area contributed by atoms with E-state index in [-0.39, 0.29) is 6.10 Å². The van der Waals surface area contributed by atoms with Crippen molar-refractivity contribution in [2.45, 2.75) is 50.7 Å². The van der Waals surface area contributed by atoms with Crippen LogP contribution in [0.5, 0.6) is 0 Å². The molecule has 0 aromatic carbocycles. The normalized spacial score (nSPS) is 27.5. The quantitative estimate of drug-likeness (QED) is 0.877. The molecule has 0 unspecified atom stereocenters. The van der Waals surface area contributed by atoms with Crippen molar-refractivity contribution >= 4 is 11.5 Å². The van der Waals surface area contributed by atoms with Crippen molar-refractivity contribution in [3.63, 3.8) is 0 Å². The monoisotopic (exact) mass is 261 g/mol. The summed E-state index contributed by atoms with van der Waals surface area (Å²) in [4.78, 5) is 6.90. The SMILES string of the molecule is OC1CCC(Nc2ccc(N3CCCC3)nc2)CC1. The number of anilines is 2.